The van der Waals surface area contributed by atoms with Gasteiger partial charge in [0.15, 0.2) is 5.16 Å². The van der Waals surface area contributed by atoms with E-state index < -0.39 is 0 Å². The average Bonchev–Trinajstić information content (AvgIpc) is 3.51. The molecule has 0 radical (unpaired) electrons. The fourth-order valence-corrected chi connectivity index (χ4v) is 7.35. The highest BCUT2D eigenvalue weighted by molar-refractivity contribution is 8.00. The Morgan fingerprint density at radius 3 is 2.58 bits per heavy atom. The third kappa shape index (κ3) is 4.35. The van der Waals surface area contributed by atoms with Gasteiger partial charge in [-0.2, -0.15) is 0 Å². The summed E-state index contributed by atoms with van der Waals surface area (Å²) >= 11 is 2.94. The second-order valence-electron chi connectivity index (χ2n) is 10.3. The first-order chi connectivity index (χ1) is 18.3. The summed E-state index contributed by atoms with van der Waals surface area (Å²) in [6.45, 7) is 11.0. The molecule has 2 atom stereocenters. The van der Waals surface area contributed by atoms with Crippen LogP contribution in [-0.4, -0.2) is 67.6 Å². The van der Waals surface area contributed by atoms with Crippen LogP contribution >= 0.6 is 23.1 Å². The third-order valence-electron chi connectivity index (χ3n) is 7.33. The highest BCUT2D eigenvalue weighted by Crippen LogP contribution is 2.38. The van der Waals surface area contributed by atoms with Gasteiger partial charge in [-0.25, -0.2) is 8.97 Å². The highest BCUT2D eigenvalue weighted by Gasteiger charge is 2.31. The number of aryl methyl sites for hydroxylation is 1. The standard InChI is InChI=1S/C27H31N5O4S2/c1-15(2)20-13-19-21(14-36-20)38-25-22(19)24(34)31(18-7-5-16(3)6-8-18)26-28-29-27(32(25)26)37-17(4)23(33)30-9-11-35-12-10-30/h5-8,15,17,20H,9-14H2,1-4H3. The number of thiophene rings is 1. The smallest absolute Gasteiger partial charge is 0.268 e. The first-order valence-corrected chi connectivity index (χ1v) is 14.7. The molecule has 0 aliphatic carbocycles. The van der Waals surface area contributed by atoms with E-state index in [1.165, 1.54) is 11.8 Å². The summed E-state index contributed by atoms with van der Waals surface area (Å²) in [7, 11) is 0. The number of carbonyl (C=O) groups excluding carboxylic acids is 1. The summed E-state index contributed by atoms with van der Waals surface area (Å²) < 4.78 is 15.2. The van der Waals surface area contributed by atoms with Crippen LogP contribution in [0.15, 0.2) is 34.2 Å². The van der Waals surface area contributed by atoms with E-state index in [-0.39, 0.29) is 22.8 Å². The molecule has 11 heteroatoms. The predicted octanol–water partition coefficient (Wildman–Crippen LogP) is 3.84. The summed E-state index contributed by atoms with van der Waals surface area (Å²) in [5.74, 6) is 0.839. The predicted molar refractivity (Wildman–Crippen MR) is 149 cm³/mol. The van der Waals surface area contributed by atoms with Gasteiger partial charge in [0.1, 0.15) is 4.83 Å². The fourth-order valence-electron chi connectivity index (χ4n) is 5.12. The van der Waals surface area contributed by atoms with Crippen molar-refractivity contribution in [3.8, 4) is 5.69 Å². The molecule has 1 fully saturated rings. The molecule has 4 aromatic rings. The number of benzene rings is 1. The zero-order valence-electron chi connectivity index (χ0n) is 22.0. The molecule has 0 saturated carbocycles. The van der Waals surface area contributed by atoms with Gasteiger partial charge in [-0.3, -0.25) is 9.59 Å². The number of aromatic nitrogens is 4. The Hall–Kier alpha value is -2.73. The van der Waals surface area contributed by atoms with Crippen molar-refractivity contribution in [2.45, 2.75) is 57.2 Å². The number of nitrogens with zero attached hydrogens (tertiary/aromatic N) is 5. The van der Waals surface area contributed by atoms with Crippen LogP contribution in [0.4, 0.5) is 0 Å². The molecule has 1 aromatic carbocycles. The van der Waals surface area contributed by atoms with Crippen molar-refractivity contribution in [2.24, 2.45) is 5.92 Å². The lowest BCUT2D eigenvalue weighted by Gasteiger charge is -2.28. The van der Waals surface area contributed by atoms with E-state index in [9.17, 15) is 9.59 Å². The van der Waals surface area contributed by atoms with Gasteiger partial charge in [0.25, 0.3) is 5.56 Å². The van der Waals surface area contributed by atoms with Crippen molar-refractivity contribution in [3.63, 3.8) is 0 Å². The number of rotatable bonds is 5. The molecule has 2 aliphatic heterocycles. The van der Waals surface area contributed by atoms with Gasteiger partial charge < -0.3 is 14.4 Å². The molecular weight excluding hydrogens is 522 g/mol. The first-order valence-electron chi connectivity index (χ1n) is 13.0. The number of ether oxygens (including phenoxy) is 2. The fraction of sp³-hybridized carbons (Fsp3) is 0.481. The summed E-state index contributed by atoms with van der Waals surface area (Å²) in [6.07, 6.45) is 0.752. The van der Waals surface area contributed by atoms with E-state index in [2.05, 4.69) is 24.0 Å². The second kappa shape index (κ2) is 10.1. The van der Waals surface area contributed by atoms with E-state index >= 15 is 0 Å². The van der Waals surface area contributed by atoms with Crippen LogP contribution in [0.1, 0.15) is 36.8 Å². The van der Waals surface area contributed by atoms with Crippen molar-refractivity contribution in [3.05, 3.63) is 50.6 Å². The zero-order valence-corrected chi connectivity index (χ0v) is 23.6. The number of hydrogen-bond donors (Lipinski definition) is 0. The van der Waals surface area contributed by atoms with Crippen LogP contribution in [-0.2, 0) is 27.3 Å². The monoisotopic (exact) mass is 553 g/mol. The maximum Gasteiger partial charge on any atom is 0.268 e. The van der Waals surface area contributed by atoms with Gasteiger partial charge >= 0.3 is 0 Å². The molecule has 38 heavy (non-hydrogen) atoms. The van der Waals surface area contributed by atoms with Gasteiger partial charge in [-0.1, -0.05) is 43.3 Å². The summed E-state index contributed by atoms with van der Waals surface area (Å²) in [5, 5.41) is 9.92. The molecule has 9 nitrogen and oxygen atoms in total. The quantitative estimate of drug-likeness (QED) is 0.347. The Morgan fingerprint density at radius 2 is 1.87 bits per heavy atom. The normalized spacial score (nSPS) is 18.9. The number of fused-ring (bicyclic) bond motifs is 5. The molecule has 2 unspecified atom stereocenters. The molecule has 5 heterocycles. The molecule has 0 N–H and O–H groups in total. The minimum absolute atomic E-state index is 0.0526. The van der Waals surface area contributed by atoms with Crippen LogP contribution in [0.3, 0.4) is 0 Å². The number of hydrogen-bond acceptors (Lipinski definition) is 8. The van der Waals surface area contributed by atoms with E-state index in [1.54, 1.807) is 15.9 Å². The summed E-state index contributed by atoms with van der Waals surface area (Å²) in [4.78, 5) is 31.1. The molecular formula is C27H31N5O4S2. The number of morpholine rings is 1. The molecule has 1 amide bonds. The zero-order chi connectivity index (χ0) is 26.6. The molecule has 0 bridgehead atoms. The van der Waals surface area contributed by atoms with Gasteiger partial charge in [-0.05, 0) is 37.5 Å². The van der Waals surface area contributed by atoms with Crippen LogP contribution in [0.5, 0.6) is 0 Å². The van der Waals surface area contributed by atoms with Crippen molar-refractivity contribution in [1.82, 2.24) is 24.1 Å². The van der Waals surface area contributed by atoms with Crippen molar-refractivity contribution in [2.75, 3.05) is 26.3 Å². The molecule has 200 valence electrons. The number of amides is 1. The van der Waals surface area contributed by atoms with Crippen LogP contribution in [0, 0.1) is 12.8 Å². The molecule has 1 saturated heterocycles. The lowest BCUT2D eigenvalue weighted by atomic mass is 9.96. The van der Waals surface area contributed by atoms with Crippen molar-refractivity contribution in [1.29, 1.82) is 0 Å². The van der Waals surface area contributed by atoms with Gasteiger partial charge in [0, 0.05) is 24.4 Å². The first kappa shape index (κ1) is 25.5. The van der Waals surface area contributed by atoms with Crippen LogP contribution in [0.25, 0.3) is 21.7 Å². The second-order valence-corrected chi connectivity index (χ2v) is 12.7. The van der Waals surface area contributed by atoms with E-state index in [1.807, 2.05) is 47.4 Å². The molecule has 2 aliphatic rings. The average molecular weight is 554 g/mol. The van der Waals surface area contributed by atoms with E-state index in [4.69, 9.17) is 9.47 Å². The Bertz CT molecular complexity index is 1570. The maximum absolute atomic E-state index is 14.2. The summed E-state index contributed by atoms with van der Waals surface area (Å²) in [5.41, 5.74) is 2.81. The van der Waals surface area contributed by atoms with Crippen molar-refractivity contribution >= 4 is 45.0 Å². The van der Waals surface area contributed by atoms with Gasteiger partial charge in [0.2, 0.25) is 11.7 Å². The van der Waals surface area contributed by atoms with Gasteiger partial charge in [0.05, 0.1) is 42.2 Å². The number of carbonyl (C=O) groups is 1. The van der Waals surface area contributed by atoms with E-state index in [0.29, 0.717) is 61.6 Å². The number of thioether (sulfide) groups is 1. The third-order valence-corrected chi connectivity index (χ3v) is 9.55. The van der Waals surface area contributed by atoms with Crippen LogP contribution < -0.4 is 5.56 Å². The topological polar surface area (TPSA) is 91.0 Å². The molecule has 3 aromatic heterocycles. The minimum atomic E-state index is -0.362. The highest BCUT2D eigenvalue weighted by atomic mass is 32.2. The Labute approximate surface area is 228 Å². The van der Waals surface area contributed by atoms with Crippen molar-refractivity contribution < 1.29 is 14.3 Å². The Morgan fingerprint density at radius 1 is 1.13 bits per heavy atom. The molecule has 0 spiro atoms. The Kier molecular flexibility index (Phi) is 6.79. The minimum Gasteiger partial charge on any atom is -0.378 e. The largest absolute Gasteiger partial charge is 0.378 e. The van der Waals surface area contributed by atoms with Gasteiger partial charge in [-0.15, -0.1) is 21.5 Å². The van der Waals surface area contributed by atoms with Crippen LogP contribution in [0.2, 0.25) is 0 Å². The lowest BCUT2D eigenvalue weighted by Crippen LogP contribution is -2.44. The van der Waals surface area contributed by atoms with E-state index in [0.717, 1.165) is 26.5 Å². The lowest BCUT2D eigenvalue weighted by molar-refractivity contribution is -0.134. The maximum atomic E-state index is 14.2. The SMILES string of the molecule is Cc1ccc(-n2c(=O)c3c4c(sc3n3c(SC(C)C(=O)N5CCOCC5)nnc23)COC(C(C)C)C4)cc1. The summed E-state index contributed by atoms with van der Waals surface area (Å²) in [6, 6.07) is 7.85. The Balaban J connectivity index is 1.52. The molecule has 6 rings (SSSR count).